The molecular formula is C17H22N2O. The molecule has 0 atom stereocenters. The fourth-order valence-corrected chi connectivity index (χ4v) is 3.59. The van der Waals surface area contributed by atoms with Crippen molar-refractivity contribution in [3.8, 4) is 0 Å². The highest BCUT2D eigenvalue weighted by molar-refractivity contribution is 5.42. The predicted octanol–water partition coefficient (Wildman–Crippen LogP) is 3.52. The first-order valence-corrected chi connectivity index (χ1v) is 7.60. The van der Waals surface area contributed by atoms with Crippen LogP contribution in [0.2, 0.25) is 0 Å². The Bertz CT molecular complexity index is 552. The lowest BCUT2D eigenvalue weighted by Crippen LogP contribution is -2.24. The first-order valence-electron chi connectivity index (χ1n) is 7.60. The number of carbonyl (C=O) groups excluding carboxylic acids is 1. The summed E-state index contributed by atoms with van der Waals surface area (Å²) in [6.07, 6.45) is 6.08. The zero-order valence-corrected chi connectivity index (χ0v) is 12.4. The number of hydrogen-bond acceptors (Lipinski definition) is 3. The van der Waals surface area contributed by atoms with Crippen LogP contribution in [0, 0.1) is 0 Å². The summed E-state index contributed by atoms with van der Waals surface area (Å²) in [6, 6.07) is 7.26. The standard InChI is InChI=1S/C17H22N2O/c1-13(2)19-10-14-5-6-16(9-15(14)11-19)17(18-12-20)7-3-4-8-17/h5-6,9,13H,3-4,7-8,10-11H2,1-2H3. The van der Waals surface area contributed by atoms with Gasteiger partial charge in [0.2, 0.25) is 6.08 Å². The molecule has 3 rings (SSSR count). The summed E-state index contributed by atoms with van der Waals surface area (Å²) in [5, 5.41) is 0. The van der Waals surface area contributed by atoms with Crippen LogP contribution in [0.25, 0.3) is 0 Å². The smallest absolute Gasteiger partial charge is 0.235 e. The molecule has 0 amide bonds. The summed E-state index contributed by atoms with van der Waals surface area (Å²) in [4.78, 5) is 17.5. The molecule has 106 valence electrons. The van der Waals surface area contributed by atoms with Crippen LogP contribution in [0.15, 0.2) is 23.2 Å². The SMILES string of the molecule is CC(C)N1Cc2ccc(C3(N=C=O)CCCC3)cc2C1. The number of benzene rings is 1. The van der Waals surface area contributed by atoms with Crippen LogP contribution in [0.3, 0.4) is 0 Å². The molecule has 1 aromatic carbocycles. The maximum atomic E-state index is 10.8. The van der Waals surface area contributed by atoms with Gasteiger partial charge in [0.25, 0.3) is 0 Å². The van der Waals surface area contributed by atoms with Crippen molar-refractivity contribution in [3.05, 3.63) is 34.9 Å². The van der Waals surface area contributed by atoms with Gasteiger partial charge in [0.05, 0.1) is 5.54 Å². The molecule has 1 fully saturated rings. The molecule has 0 saturated heterocycles. The van der Waals surface area contributed by atoms with E-state index in [-0.39, 0.29) is 5.54 Å². The minimum atomic E-state index is -0.290. The second-order valence-electron chi connectivity index (χ2n) is 6.42. The average Bonchev–Trinajstić information content (AvgIpc) is 3.04. The monoisotopic (exact) mass is 270 g/mol. The molecule has 0 unspecified atom stereocenters. The van der Waals surface area contributed by atoms with Gasteiger partial charge in [0, 0.05) is 19.1 Å². The Hall–Kier alpha value is -1.44. The molecule has 1 heterocycles. The van der Waals surface area contributed by atoms with Crippen LogP contribution in [0.4, 0.5) is 0 Å². The van der Waals surface area contributed by atoms with E-state index in [2.05, 4.69) is 41.9 Å². The van der Waals surface area contributed by atoms with Crippen molar-refractivity contribution in [1.82, 2.24) is 4.90 Å². The molecule has 0 aromatic heterocycles. The summed E-state index contributed by atoms with van der Waals surface area (Å²) in [6.45, 7) is 6.53. The van der Waals surface area contributed by atoms with Crippen molar-refractivity contribution in [2.24, 2.45) is 4.99 Å². The molecule has 0 bridgehead atoms. The van der Waals surface area contributed by atoms with E-state index < -0.39 is 0 Å². The number of nitrogens with zero attached hydrogens (tertiary/aromatic N) is 2. The van der Waals surface area contributed by atoms with Crippen molar-refractivity contribution >= 4 is 6.08 Å². The maximum Gasteiger partial charge on any atom is 0.235 e. The van der Waals surface area contributed by atoms with Crippen LogP contribution in [0.5, 0.6) is 0 Å². The van der Waals surface area contributed by atoms with E-state index in [1.54, 1.807) is 0 Å². The second-order valence-corrected chi connectivity index (χ2v) is 6.42. The van der Waals surface area contributed by atoms with E-state index >= 15 is 0 Å². The lowest BCUT2D eigenvalue weighted by Gasteiger charge is -2.23. The summed E-state index contributed by atoms with van der Waals surface area (Å²) < 4.78 is 0. The average molecular weight is 270 g/mol. The fourth-order valence-electron chi connectivity index (χ4n) is 3.59. The van der Waals surface area contributed by atoms with Gasteiger partial charge in [-0.25, -0.2) is 4.79 Å². The van der Waals surface area contributed by atoms with Crippen LogP contribution in [-0.4, -0.2) is 17.0 Å². The number of aliphatic imine (C=N–C) groups is 1. The molecule has 3 nitrogen and oxygen atoms in total. The molecule has 3 heteroatoms. The third kappa shape index (κ3) is 2.21. The highest BCUT2D eigenvalue weighted by atomic mass is 16.1. The lowest BCUT2D eigenvalue weighted by atomic mass is 9.87. The van der Waals surface area contributed by atoms with Gasteiger partial charge in [0.1, 0.15) is 0 Å². The second kappa shape index (κ2) is 5.16. The predicted molar refractivity (Wildman–Crippen MR) is 79.1 cm³/mol. The van der Waals surface area contributed by atoms with Gasteiger partial charge >= 0.3 is 0 Å². The van der Waals surface area contributed by atoms with Gasteiger partial charge in [-0.1, -0.05) is 31.0 Å². The van der Waals surface area contributed by atoms with Gasteiger partial charge in [-0.05, 0) is 43.4 Å². The Labute approximate surface area is 120 Å². The van der Waals surface area contributed by atoms with Crippen LogP contribution < -0.4 is 0 Å². The molecule has 2 aliphatic rings. The Balaban J connectivity index is 1.94. The minimum absolute atomic E-state index is 0.290. The molecule has 1 aromatic rings. The van der Waals surface area contributed by atoms with E-state index in [9.17, 15) is 4.79 Å². The highest BCUT2D eigenvalue weighted by Gasteiger charge is 2.36. The van der Waals surface area contributed by atoms with Crippen molar-refractivity contribution in [3.63, 3.8) is 0 Å². The number of isocyanates is 1. The Morgan fingerprint density at radius 3 is 2.55 bits per heavy atom. The zero-order chi connectivity index (χ0) is 14.2. The van der Waals surface area contributed by atoms with E-state index in [4.69, 9.17) is 0 Å². The van der Waals surface area contributed by atoms with Gasteiger partial charge < -0.3 is 0 Å². The van der Waals surface area contributed by atoms with Gasteiger partial charge in [-0.3, -0.25) is 4.90 Å². The van der Waals surface area contributed by atoms with Gasteiger partial charge in [0.15, 0.2) is 0 Å². The topological polar surface area (TPSA) is 32.7 Å². The molecular weight excluding hydrogens is 248 g/mol. The van der Waals surface area contributed by atoms with Gasteiger partial charge in [-0.2, -0.15) is 4.99 Å². The molecule has 1 aliphatic heterocycles. The number of hydrogen-bond donors (Lipinski definition) is 0. The van der Waals surface area contributed by atoms with Crippen molar-refractivity contribution in [2.45, 2.75) is 64.2 Å². The van der Waals surface area contributed by atoms with Crippen molar-refractivity contribution in [2.75, 3.05) is 0 Å². The quantitative estimate of drug-likeness (QED) is 0.622. The van der Waals surface area contributed by atoms with Crippen molar-refractivity contribution in [1.29, 1.82) is 0 Å². The van der Waals surface area contributed by atoms with E-state index in [0.29, 0.717) is 6.04 Å². The first-order chi connectivity index (χ1) is 9.64. The summed E-state index contributed by atoms with van der Waals surface area (Å²) >= 11 is 0. The fraction of sp³-hybridized carbons (Fsp3) is 0.588. The summed E-state index contributed by atoms with van der Waals surface area (Å²) in [5.74, 6) is 0. The van der Waals surface area contributed by atoms with Gasteiger partial charge in [-0.15, -0.1) is 0 Å². The molecule has 0 N–H and O–H groups in total. The molecule has 0 spiro atoms. The van der Waals surface area contributed by atoms with E-state index in [1.165, 1.54) is 16.7 Å². The number of rotatable bonds is 3. The van der Waals surface area contributed by atoms with E-state index in [1.807, 2.05) is 6.08 Å². The number of fused-ring (bicyclic) bond motifs is 1. The Morgan fingerprint density at radius 2 is 1.90 bits per heavy atom. The maximum absolute atomic E-state index is 10.8. The Kier molecular flexibility index (Phi) is 3.49. The lowest BCUT2D eigenvalue weighted by molar-refractivity contribution is 0.227. The molecule has 20 heavy (non-hydrogen) atoms. The molecule has 1 aliphatic carbocycles. The van der Waals surface area contributed by atoms with E-state index in [0.717, 1.165) is 38.8 Å². The zero-order valence-electron chi connectivity index (χ0n) is 12.4. The summed E-state index contributed by atoms with van der Waals surface area (Å²) in [5.41, 5.74) is 3.75. The first kappa shape index (κ1) is 13.5. The highest BCUT2D eigenvalue weighted by Crippen LogP contribution is 2.43. The molecule has 1 saturated carbocycles. The largest absolute Gasteiger partial charge is 0.292 e. The van der Waals surface area contributed by atoms with Crippen LogP contribution in [0.1, 0.15) is 56.2 Å². The van der Waals surface area contributed by atoms with Crippen molar-refractivity contribution < 1.29 is 4.79 Å². The summed E-state index contributed by atoms with van der Waals surface area (Å²) in [7, 11) is 0. The third-order valence-electron chi connectivity index (χ3n) is 4.91. The molecule has 0 radical (unpaired) electrons. The normalized spacial score (nSPS) is 20.9. The Morgan fingerprint density at radius 1 is 1.20 bits per heavy atom. The minimum Gasteiger partial charge on any atom is -0.292 e. The van der Waals surface area contributed by atoms with Crippen LogP contribution >= 0.6 is 0 Å². The third-order valence-corrected chi connectivity index (χ3v) is 4.91. The van der Waals surface area contributed by atoms with Crippen LogP contribution in [-0.2, 0) is 23.4 Å².